The molecule has 18 heavy (non-hydrogen) atoms. The highest BCUT2D eigenvalue weighted by atomic mass is 35.5. The van der Waals surface area contributed by atoms with Gasteiger partial charge in [0.15, 0.2) is 11.0 Å². The minimum atomic E-state index is 0.257. The van der Waals surface area contributed by atoms with Crippen LogP contribution in [0, 0.1) is 0 Å². The third-order valence-corrected chi connectivity index (χ3v) is 3.27. The number of hydrogen-bond donors (Lipinski definition) is 0. The lowest BCUT2D eigenvalue weighted by Crippen LogP contribution is -2.09. The minimum Gasteiger partial charge on any atom is -0.619 e. The highest BCUT2D eigenvalue weighted by Crippen LogP contribution is 2.43. The number of aromatic nitrogens is 3. The van der Waals surface area contributed by atoms with E-state index in [0.29, 0.717) is 11.0 Å². The fourth-order valence-corrected chi connectivity index (χ4v) is 2.11. The van der Waals surface area contributed by atoms with Crippen LogP contribution in [-0.2, 0) is 0 Å². The first-order chi connectivity index (χ1) is 8.65. The molecule has 0 saturated carbocycles. The van der Waals surface area contributed by atoms with Crippen LogP contribution in [-0.4, -0.2) is 27.2 Å². The van der Waals surface area contributed by atoms with E-state index in [9.17, 15) is 0 Å². The molecule has 1 aliphatic rings. The van der Waals surface area contributed by atoms with Gasteiger partial charge in [-0.15, -0.1) is 10.8 Å². The standard InChI is InChI=1S/C12H11ClN5/c1-7-9-5-8(3-4-10(9)17-18(7)2)12-15-11(13)6-14-16-12/h3-7H,1-2H3/q-1. The molecule has 0 fully saturated rings. The van der Waals surface area contributed by atoms with Crippen LogP contribution in [0.3, 0.4) is 0 Å². The van der Waals surface area contributed by atoms with Gasteiger partial charge in [-0.3, -0.25) is 0 Å². The Hall–Kier alpha value is -1.72. The maximum Gasteiger partial charge on any atom is 0.183 e. The second-order valence-electron chi connectivity index (χ2n) is 4.23. The summed E-state index contributed by atoms with van der Waals surface area (Å²) in [5.41, 5.74) is 7.49. The topological polar surface area (TPSA) is 56.0 Å². The van der Waals surface area contributed by atoms with E-state index >= 15 is 0 Å². The summed E-state index contributed by atoms with van der Waals surface area (Å²) in [5, 5.41) is 10.1. The van der Waals surface area contributed by atoms with Gasteiger partial charge in [-0.1, -0.05) is 23.7 Å². The molecular formula is C12H11ClN5-. The summed E-state index contributed by atoms with van der Waals surface area (Å²) in [6.07, 6.45) is 1.42. The fraction of sp³-hybridized carbons (Fsp3) is 0.250. The van der Waals surface area contributed by atoms with E-state index in [1.807, 2.05) is 30.3 Å². The highest BCUT2D eigenvalue weighted by molar-refractivity contribution is 6.29. The molecule has 5 nitrogen and oxygen atoms in total. The van der Waals surface area contributed by atoms with Gasteiger partial charge in [-0.25, -0.2) is 4.98 Å². The summed E-state index contributed by atoms with van der Waals surface area (Å²) in [6, 6.07) is 6.20. The summed E-state index contributed by atoms with van der Waals surface area (Å²) < 4.78 is 0. The number of fused-ring (bicyclic) bond motifs is 1. The van der Waals surface area contributed by atoms with E-state index in [4.69, 9.17) is 11.6 Å². The maximum absolute atomic E-state index is 5.82. The summed E-state index contributed by atoms with van der Waals surface area (Å²) in [4.78, 5) is 4.16. The first kappa shape index (κ1) is 11.4. The van der Waals surface area contributed by atoms with Crippen LogP contribution >= 0.6 is 11.6 Å². The van der Waals surface area contributed by atoms with Gasteiger partial charge in [0.2, 0.25) is 0 Å². The van der Waals surface area contributed by atoms with Crippen molar-refractivity contribution in [3.8, 4) is 11.4 Å². The number of nitrogens with zero attached hydrogens (tertiary/aromatic N) is 5. The Morgan fingerprint density at radius 3 is 3.00 bits per heavy atom. The van der Waals surface area contributed by atoms with Crippen LogP contribution in [0.1, 0.15) is 18.5 Å². The zero-order chi connectivity index (χ0) is 12.7. The van der Waals surface area contributed by atoms with Crippen molar-refractivity contribution in [2.75, 3.05) is 7.05 Å². The quantitative estimate of drug-likeness (QED) is 0.790. The van der Waals surface area contributed by atoms with Gasteiger partial charge in [-0.05, 0) is 25.6 Å². The third-order valence-electron chi connectivity index (χ3n) is 3.09. The Morgan fingerprint density at radius 1 is 1.39 bits per heavy atom. The SMILES string of the molecule is CC1c2cc(-c3nncc(Cl)n3)ccc2[N-]N1C. The smallest absolute Gasteiger partial charge is 0.183 e. The van der Waals surface area contributed by atoms with Crippen LogP contribution < -0.4 is 0 Å². The molecule has 0 radical (unpaired) electrons. The molecule has 0 saturated heterocycles. The molecule has 0 N–H and O–H groups in total. The van der Waals surface area contributed by atoms with Crippen LogP contribution in [0.15, 0.2) is 24.4 Å². The average Bonchev–Trinajstić information content (AvgIpc) is 2.65. The summed E-state index contributed by atoms with van der Waals surface area (Å²) in [6.45, 7) is 2.11. The Balaban J connectivity index is 2.06. The third kappa shape index (κ3) is 1.81. The lowest BCUT2D eigenvalue weighted by atomic mass is 10.0. The number of hydrogen-bond acceptors (Lipinski definition) is 4. The van der Waals surface area contributed by atoms with Gasteiger partial charge < -0.3 is 10.4 Å². The van der Waals surface area contributed by atoms with Crippen molar-refractivity contribution < 1.29 is 0 Å². The zero-order valence-corrected chi connectivity index (χ0v) is 10.8. The van der Waals surface area contributed by atoms with E-state index < -0.39 is 0 Å². The van der Waals surface area contributed by atoms with E-state index in [0.717, 1.165) is 11.3 Å². The summed E-state index contributed by atoms with van der Waals surface area (Å²) in [7, 11) is 1.96. The molecule has 0 spiro atoms. The Labute approximate surface area is 110 Å². The van der Waals surface area contributed by atoms with E-state index in [1.165, 1.54) is 11.8 Å². The van der Waals surface area contributed by atoms with Gasteiger partial charge in [-0.2, -0.15) is 5.10 Å². The highest BCUT2D eigenvalue weighted by Gasteiger charge is 2.15. The average molecular weight is 261 g/mol. The lowest BCUT2D eigenvalue weighted by Gasteiger charge is -2.28. The van der Waals surface area contributed by atoms with E-state index in [2.05, 4.69) is 27.5 Å². The van der Waals surface area contributed by atoms with Crippen LogP contribution in [0.5, 0.6) is 0 Å². The zero-order valence-electron chi connectivity index (χ0n) is 10.0. The molecule has 1 aliphatic heterocycles. The van der Waals surface area contributed by atoms with Gasteiger partial charge >= 0.3 is 0 Å². The Kier molecular flexibility index (Phi) is 2.65. The maximum atomic E-state index is 5.82. The van der Waals surface area contributed by atoms with Crippen molar-refractivity contribution in [1.29, 1.82) is 0 Å². The first-order valence-electron chi connectivity index (χ1n) is 5.59. The molecule has 0 bridgehead atoms. The molecule has 0 aliphatic carbocycles. The van der Waals surface area contributed by atoms with Crippen molar-refractivity contribution in [2.45, 2.75) is 13.0 Å². The van der Waals surface area contributed by atoms with Gasteiger partial charge in [0.05, 0.1) is 6.20 Å². The molecule has 1 unspecified atom stereocenters. The number of rotatable bonds is 1. The predicted octanol–water partition coefficient (Wildman–Crippen LogP) is 3.12. The van der Waals surface area contributed by atoms with Gasteiger partial charge in [0.1, 0.15) is 0 Å². The van der Waals surface area contributed by atoms with Crippen molar-refractivity contribution >= 4 is 17.3 Å². The molecule has 1 aromatic carbocycles. The van der Waals surface area contributed by atoms with Crippen molar-refractivity contribution in [3.05, 3.63) is 40.5 Å². The first-order valence-corrected chi connectivity index (χ1v) is 5.97. The fourth-order valence-electron chi connectivity index (χ4n) is 1.98. The van der Waals surface area contributed by atoms with Crippen molar-refractivity contribution in [1.82, 2.24) is 20.2 Å². The monoisotopic (exact) mass is 260 g/mol. The van der Waals surface area contributed by atoms with Gasteiger partial charge in [0, 0.05) is 11.6 Å². The molecule has 2 aromatic rings. The summed E-state index contributed by atoms with van der Waals surface area (Å²) >= 11 is 5.82. The van der Waals surface area contributed by atoms with E-state index in [-0.39, 0.29) is 6.04 Å². The number of benzene rings is 1. The second kappa shape index (κ2) is 4.19. The molecule has 0 amide bonds. The second-order valence-corrected chi connectivity index (χ2v) is 4.61. The van der Waals surface area contributed by atoms with E-state index in [1.54, 1.807) is 0 Å². The van der Waals surface area contributed by atoms with Crippen LogP contribution in [0.4, 0.5) is 5.69 Å². The van der Waals surface area contributed by atoms with Crippen molar-refractivity contribution in [3.63, 3.8) is 0 Å². The predicted molar refractivity (Wildman–Crippen MR) is 69.5 cm³/mol. The van der Waals surface area contributed by atoms with Gasteiger partial charge in [0.25, 0.3) is 0 Å². The molecular weight excluding hydrogens is 250 g/mol. The van der Waals surface area contributed by atoms with Crippen LogP contribution in [0.2, 0.25) is 5.15 Å². The molecule has 6 heteroatoms. The molecule has 92 valence electrons. The molecule has 3 rings (SSSR count). The Morgan fingerprint density at radius 2 is 2.22 bits per heavy atom. The molecule has 2 heterocycles. The normalized spacial score (nSPS) is 18.5. The lowest BCUT2D eigenvalue weighted by molar-refractivity contribution is 0.368. The molecule has 1 atom stereocenters. The van der Waals surface area contributed by atoms with Crippen LogP contribution in [0.25, 0.3) is 16.8 Å². The molecule has 1 aromatic heterocycles. The largest absolute Gasteiger partial charge is 0.619 e. The number of halogens is 1. The van der Waals surface area contributed by atoms with Crippen molar-refractivity contribution in [2.24, 2.45) is 0 Å². The minimum absolute atomic E-state index is 0.257. The summed E-state index contributed by atoms with van der Waals surface area (Å²) in [5.74, 6) is 0.534. The Bertz CT molecular complexity index is 601.